The van der Waals surface area contributed by atoms with E-state index in [1.807, 2.05) is 43.3 Å². The molecule has 0 amide bonds. The highest BCUT2D eigenvalue weighted by Crippen LogP contribution is 2.43. The predicted octanol–water partition coefficient (Wildman–Crippen LogP) is 2.10. The van der Waals surface area contributed by atoms with Crippen molar-refractivity contribution in [3.05, 3.63) is 59.2 Å². The van der Waals surface area contributed by atoms with Gasteiger partial charge in [-0.1, -0.05) is 42.5 Å². The third kappa shape index (κ3) is 1.93. The van der Waals surface area contributed by atoms with Crippen LogP contribution in [0.25, 0.3) is 21.5 Å². The molecule has 1 aliphatic rings. The second kappa shape index (κ2) is 5.01. The molecule has 3 aromatic carbocycles. The fourth-order valence-corrected chi connectivity index (χ4v) is 3.76. The summed E-state index contributed by atoms with van der Waals surface area (Å²) in [6.45, 7) is 1.95. The molecule has 4 nitrogen and oxygen atoms in total. The van der Waals surface area contributed by atoms with Gasteiger partial charge in [0.05, 0.1) is 0 Å². The molecule has 3 aromatic rings. The standard InChI is InChI=1S/C19H18O4/c1-9-8-10-4-2-3-5-11(10)12-6-7-13-15(14(9)12)17(21)19(23)18(22)16(13)20/h2-8,16-23H,1H3/t16-,17+,18+,19-/m1/s1. The molecule has 0 radical (unpaired) electrons. The normalized spacial score (nSPS) is 27.3. The van der Waals surface area contributed by atoms with Crippen LogP contribution in [0.4, 0.5) is 0 Å². The van der Waals surface area contributed by atoms with Crippen LogP contribution in [0.3, 0.4) is 0 Å². The van der Waals surface area contributed by atoms with Gasteiger partial charge in [-0.2, -0.15) is 0 Å². The number of hydrogen-bond donors (Lipinski definition) is 4. The Morgan fingerprint density at radius 3 is 2.26 bits per heavy atom. The molecule has 0 aromatic heterocycles. The maximum atomic E-state index is 10.5. The summed E-state index contributed by atoms with van der Waals surface area (Å²) >= 11 is 0. The van der Waals surface area contributed by atoms with E-state index in [0.717, 1.165) is 27.1 Å². The highest BCUT2D eigenvalue weighted by Gasteiger charge is 2.40. The van der Waals surface area contributed by atoms with E-state index < -0.39 is 24.4 Å². The Hall–Kier alpha value is -1.98. The second-order valence-corrected chi connectivity index (χ2v) is 6.28. The minimum atomic E-state index is -1.41. The number of fused-ring (bicyclic) bond motifs is 5. The van der Waals surface area contributed by atoms with E-state index in [4.69, 9.17) is 0 Å². The Bertz CT molecular complexity index is 918. The molecule has 0 saturated heterocycles. The molecular weight excluding hydrogens is 292 g/mol. The van der Waals surface area contributed by atoms with Crippen LogP contribution in [0.2, 0.25) is 0 Å². The van der Waals surface area contributed by atoms with Crippen molar-refractivity contribution in [3.63, 3.8) is 0 Å². The Kier molecular flexibility index (Phi) is 3.18. The smallest absolute Gasteiger partial charge is 0.113 e. The molecule has 0 fully saturated rings. The number of hydrogen-bond acceptors (Lipinski definition) is 4. The minimum Gasteiger partial charge on any atom is -0.387 e. The van der Waals surface area contributed by atoms with E-state index in [0.29, 0.717) is 11.1 Å². The number of aliphatic hydroxyl groups is 4. The third-order valence-corrected chi connectivity index (χ3v) is 4.91. The van der Waals surface area contributed by atoms with Crippen molar-refractivity contribution in [1.82, 2.24) is 0 Å². The van der Waals surface area contributed by atoms with E-state index in [-0.39, 0.29) is 0 Å². The van der Waals surface area contributed by atoms with E-state index in [9.17, 15) is 20.4 Å². The van der Waals surface area contributed by atoms with E-state index >= 15 is 0 Å². The number of aliphatic hydroxyl groups excluding tert-OH is 4. The molecule has 4 N–H and O–H groups in total. The first-order chi connectivity index (χ1) is 11.0. The SMILES string of the molecule is Cc1cc2ccccc2c2ccc3c(c12)[C@H](O)[C@@H](O)[C@@H](O)[C@@H]3O. The van der Waals surface area contributed by atoms with Gasteiger partial charge in [0.1, 0.15) is 24.4 Å². The van der Waals surface area contributed by atoms with E-state index in [1.165, 1.54) is 0 Å². The van der Waals surface area contributed by atoms with Crippen LogP contribution in [0.5, 0.6) is 0 Å². The molecule has 23 heavy (non-hydrogen) atoms. The topological polar surface area (TPSA) is 80.9 Å². The van der Waals surface area contributed by atoms with Crippen molar-refractivity contribution >= 4 is 21.5 Å². The number of rotatable bonds is 0. The molecule has 1 aliphatic carbocycles. The molecule has 0 bridgehead atoms. The number of aryl methyl sites for hydroxylation is 1. The molecule has 4 rings (SSSR count). The zero-order chi connectivity index (χ0) is 16.3. The summed E-state index contributed by atoms with van der Waals surface area (Å²) in [7, 11) is 0. The number of benzene rings is 3. The molecule has 0 heterocycles. The maximum absolute atomic E-state index is 10.5. The summed E-state index contributed by atoms with van der Waals surface area (Å²) < 4.78 is 0. The van der Waals surface area contributed by atoms with Crippen molar-refractivity contribution in [2.45, 2.75) is 31.3 Å². The molecule has 4 atom stereocenters. The van der Waals surface area contributed by atoms with Crippen molar-refractivity contribution in [3.8, 4) is 0 Å². The lowest BCUT2D eigenvalue weighted by Crippen LogP contribution is -2.41. The first-order valence-electron chi connectivity index (χ1n) is 7.68. The average molecular weight is 310 g/mol. The Morgan fingerprint density at radius 1 is 0.783 bits per heavy atom. The van der Waals surface area contributed by atoms with Gasteiger partial charge >= 0.3 is 0 Å². The van der Waals surface area contributed by atoms with Gasteiger partial charge in [-0.3, -0.25) is 0 Å². The van der Waals surface area contributed by atoms with Gasteiger partial charge in [-0.25, -0.2) is 0 Å². The van der Waals surface area contributed by atoms with Gasteiger partial charge < -0.3 is 20.4 Å². The zero-order valence-corrected chi connectivity index (χ0v) is 12.6. The quantitative estimate of drug-likeness (QED) is 0.479. The first-order valence-corrected chi connectivity index (χ1v) is 7.68. The summed E-state index contributed by atoms with van der Waals surface area (Å²) in [5.41, 5.74) is 1.95. The van der Waals surface area contributed by atoms with Crippen molar-refractivity contribution in [1.29, 1.82) is 0 Å². The average Bonchev–Trinajstić information content (AvgIpc) is 2.57. The molecule has 0 unspecified atom stereocenters. The van der Waals surface area contributed by atoms with Crippen LogP contribution in [0.15, 0.2) is 42.5 Å². The van der Waals surface area contributed by atoms with E-state index in [1.54, 1.807) is 6.07 Å². The third-order valence-electron chi connectivity index (χ3n) is 4.91. The van der Waals surface area contributed by atoms with Crippen LogP contribution >= 0.6 is 0 Å². The maximum Gasteiger partial charge on any atom is 0.113 e. The fraction of sp³-hybridized carbons (Fsp3) is 0.263. The summed E-state index contributed by atoms with van der Waals surface area (Å²) in [5, 5.41) is 44.7. The van der Waals surface area contributed by atoms with Crippen LogP contribution in [0, 0.1) is 6.92 Å². The largest absolute Gasteiger partial charge is 0.387 e. The summed E-state index contributed by atoms with van der Waals surface area (Å²) in [5.74, 6) is 0. The molecule has 0 aliphatic heterocycles. The summed E-state index contributed by atoms with van der Waals surface area (Å²) in [6, 6.07) is 13.7. The monoisotopic (exact) mass is 310 g/mol. The van der Waals surface area contributed by atoms with Crippen LogP contribution in [-0.4, -0.2) is 32.6 Å². The molecule has 0 saturated carbocycles. The molecule has 4 heteroatoms. The molecule has 0 spiro atoms. The lowest BCUT2D eigenvalue weighted by Gasteiger charge is -2.35. The van der Waals surface area contributed by atoms with E-state index in [2.05, 4.69) is 0 Å². The fourth-order valence-electron chi connectivity index (χ4n) is 3.76. The minimum absolute atomic E-state index is 0.473. The van der Waals surface area contributed by atoms with Gasteiger partial charge in [0.15, 0.2) is 0 Å². The van der Waals surface area contributed by atoms with Crippen molar-refractivity contribution < 1.29 is 20.4 Å². The van der Waals surface area contributed by atoms with Crippen molar-refractivity contribution in [2.75, 3.05) is 0 Å². The Morgan fingerprint density at radius 2 is 1.48 bits per heavy atom. The van der Waals surface area contributed by atoms with Crippen LogP contribution < -0.4 is 0 Å². The second-order valence-electron chi connectivity index (χ2n) is 6.28. The first kappa shape index (κ1) is 14.6. The van der Waals surface area contributed by atoms with Gasteiger partial charge in [-0.05, 0) is 45.2 Å². The summed E-state index contributed by atoms with van der Waals surface area (Å²) in [4.78, 5) is 0. The molecule has 118 valence electrons. The lowest BCUT2D eigenvalue weighted by atomic mass is 9.79. The highest BCUT2D eigenvalue weighted by molar-refractivity contribution is 6.10. The lowest BCUT2D eigenvalue weighted by molar-refractivity contribution is -0.119. The van der Waals surface area contributed by atoms with Gasteiger partial charge in [0.2, 0.25) is 0 Å². The highest BCUT2D eigenvalue weighted by atomic mass is 16.4. The van der Waals surface area contributed by atoms with Gasteiger partial charge in [-0.15, -0.1) is 0 Å². The molecular formula is C19H18O4. The Balaban J connectivity index is 2.16. The predicted molar refractivity (Wildman–Crippen MR) is 88.1 cm³/mol. The Labute approximate surface area is 133 Å². The van der Waals surface area contributed by atoms with Gasteiger partial charge in [0, 0.05) is 0 Å². The van der Waals surface area contributed by atoms with Crippen LogP contribution in [0.1, 0.15) is 28.9 Å². The van der Waals surface area contributed by atoms with Crippen molar-refractivity contribution in [2.24, 2.45) is 0 Å². The zero-order valence-electron chi connectivity index (χ0n) is 12.6. The summed E-state index contributed by atoms with van der Waals surface area (Å²) in [6.07, 6.45) is -5.24. The van der Waals surface area contributed by atoms with Crippen LogP contribution in [-0.2, 0) is 0 Å². The van der Waals surface area contributed by atoms with Gasteiger partial charge in [0.25, 0.3) is 0 Å².